The number of rotatable bonds is 9. The van der Waals surface area contributed by atoms with E-state index >= 15 is 8.78 Å². The number of hydrogen-bond donors (Lipinski definition) is 2. The van der Waals surface area contributed by atoms with E-state index in [1.807, 2.05) is 20.8 Å². The zero-order chi connectivity index (χ0) is 35.8. The van der Waals surface area contributed by atoms with Gasteiger partial charge in [0, 0.05) is 47.0 Å². The van der Waals surface area contributed by atoms with E-state index in [1.165, 1.54) is 41.0 Å². The van der Waals surface area contributed by atoms with Crippen LogP contribution >= 0.6 is 23.2 Å². The molecule has 48 heavy (non-hydrogen) atoms. The third kappa shape index (κ3) is 7.71. The van der Waals surface area contributed by atoms with Crippen LogP contribution in [0.1, 0.15) is 65.0 Å². The molecule has 3 aromatic rings. The summed E-state index contributed by atoms with van der Waals surface area (Å²) >= 11 is 12.3. The largest absolute Gasteiger partial charge is 0.415 e. The Morgan fingerprint density at radius 1 is 1.10 bits per heavy atom. The number of carbonyl (C=O) groups excluding carboxylic acids is 1. The van der Waals surface area contributed by atoms with E-state index < -0.39 is 49.3 Å². The van der Waals surface area contributed by atoms with Crippen molar-refractivity contribution in [1.29, 1.82) is 5.26 Å². The van der Waals surface area contributed by atoms with Crippen LogP contribution in [-0.2, 0) is 21.2 Å². The fourth-order valence-corrected chi connectivity index (χ4v) is 7.54. The molecule has 1 amide bonds. The molecule has 0 aliphatic carbocycles. The molecule has 0 bridgehead atoms. The van der Waals surface area contributed by atoms with Crippen molar-refractivity contribution in [2.45, 2.75) is 96.1 Å². The zero-order valence-corrected chi connectivity index (χ0v) is 31.2. The summed E-state index contributed by atoms with van der Waals surface area (Å²) in [6, 6.07) is 11.6. The molecule has 0 spiro atoms. The van der Waals surface area contributed by atoms with Gasteiger partial charge in [0.2, 0.25) is 5.91 Å². The van der Waals surface area contributed by atoms with E-state index in [4.69, 9.17) is 27.6 Å². The Kier molecular flexibility index (Phi) is 11.0. The van der Waals surface area contributed by atoms with Crippen molar-refractivity contribution >= 4 is 43.1 Å². The quantitative estimate of drug-likeness (QED) is 0.217. The van der Waals surface area contributed by atoms with Gasteiger partial charge in [-0.25, -0.2) is 8.78 Å². The van der Waals surface area contributed by atoms with Crippen LogP contribution < -0.4 is 16.2 Å². The van der Waals surface area contributed by atoms with E-state index in [-0.39, 0.29) is 42.9 Å². The normalized spacial score (nSPS) is 21.6. The summed E-state index contributed by atoms with van der Waals surface area (Å²) in [6.45, 7) is 17.3. The molecule has 1 aliphatic heterocycles. The van der Waals surface area contributed by atoms with Crippen LogP contribution in [0.25, 0.3) is 0 Å². The minimum Gasteiger partial charge on any atom is -0.415 e. The molecule has 2 N–H and O–H groups in total. The Bertz CT molecular complexity index is 1780. The van der Waals surface area contributed by atoms with Crippen molar-refractivity contribution in [3.05, 3.63) is 97.9 Å². The highest BCUT2D eigenvalue weighted by Gasteiger charge is 2.61. The molecule has 2 aromatic carbocycles. The van der Waals surface area contributed by atoms with Crippen molar-refractivity contribution in [3.8, 4) is 6.07 Å². The fraction of sp³-hybridized carbons (Fsp3) is 0.472. The molecule has 0 saturated carbocycles. The Morgan fingerprint density at radius 3 is 2.38 bits per heavy atom. The molecule has 1 fully saturated rings. The van der Waals surface area contributed by atoms with Gasteiger partial charge in [0.25, 0.3) is 5.56 Å². The summed E-state index contributed by atoms with van der Waals surface area (Å²) in [6.07, 6.45) is 1.91. The van der Waals surface area contributed by atoms with Crippen molar-refractivity contribution in [1.82, 2.24) is 9.88 Å². The fourth-order valence-electron chi connectivity index (χ4n) is 6.16. The number of amides is 1. The topological polar surface area (TPSA) is 96.2 Å². The average Bonchev–Trinajstić information content (AvgIpc) is 3.28. The van der Waals surface area contributed by atoms with Crippen LogP contribution in [-0.4, -0.2) is 37.5 Å². The van der Waals surface area contributed by atoms with Crippen LogP contribution in [0.3, 0.4) is 0 Å². The Labute approximate surface area is 292 Å². The number of halogens is 4. The van der Waals surface area contributed by atoms with Gasteiger partial charge >= 0.3 is 0 Å². The monoisotopic (exact) mass is 716 g/mol. The van der Waals surface area contributed by atoms with E-state index in [2.05, 4.69) is 50.6 Å². The van der Waals surface area contributed by atoms with Gasteiger partial charge in [0.05, 0.1) is 23.7 Å². The van der Waals surface area contributed by atoms with E-state index in [0.717, 1.165) is 6.07 Å². The highest BCUT2D eigenvalue weighted by Crippen LogP contribution is 2.53. The highest BCUT2D eigenvalue weighted by molar-refractivity contribution is 6.74. The van der Waals surface area contributed by atoms with E-state index in [9.17, 15) is 14.9 Å². The molecular weight excluding hydrogens is 673 g/mol. The van der Waals surface area contributed by atoms with Crippen molar-refractivity contribution in [2.24, 2.45) is 5.41 Å². The van der Waals surface area contributed by atoms with Gasteiger partial charge in [-0.3, -0.25) is 9.59 Å². The molecule has 1 aliphatic rings. The average molecular weight is 718 g/mol. The zero-order valence-electron chi connectivity index (χ0n) is 28.7. The molecule has 4 atom stereocenters. The summed E-state index contributed by atoms with van der Waals surface area (Å²) in [5.41, 5.74) is -2.30. The Hall–Kier alpha value is -3.07. The van der Waals surface area contributed by atoms with Crippen LogP contribution in [0.5, 0.6) is 0 Å². The molecule has 0 unspecified atom stereocenters. The van der Waals surface area contributed by atoms with Crippen molar-refractivity contribution in [2.75, 3.05) is 11.9 Å². The molecule has 258 valence electrons. The second kappa shape index (κ2) is 14.0. The molecular formula is C36H44Cl2F2N4O3Si. The Balaban J connectivity index is 1.75. The first-order valence-corrected chi connectivity index (χ1v) is 19.6. The van der Waals surface area contributed by atoms with Gasteiger partial charge in [-0.05, 0) is 59.8 Å². The molecule has 7 nitrogen and oxygen atoms in total. The highest BCUT2D eigenvalue weighted by atomic mass is 35.5. The predicted octanol–water partition coefficient (Wildman–Crippen LogP) is 8.42. The lowest BCUT2D eigenvalue weighted by Gasteiger charge is -2.37. The third-order valence-electron chi connectivity index (χ3n) is 9.60. The number of nitrogens with zero attached hydrogens (tertiary/aromatic N) is 2. The maximum absolute atomic E-state index is 15.9. The smallest absolute Gasteiger partial charge is 0.252 e. The van der Waals surface area contributed by atoms with E-state index in [1.54, 1.807) is 12.3 Å². The molecule has 1 saturated heterocycles. The van der Waals surface area contributed by atoms with Gasteiger partial charge in [-0.15, -0.1) is 0 Å². The number of carbonyl (C=O) groups is 1. The lowest BCUT2D eigenvalue weighted by Crippen LogP contribution is -2.45. The van der Waals surface area contributed by atoms with Gasteiger partial charge in [-0.2, -0.15) is 5.26 Å². The third-order valence-corrected chi connectivity index (χ3v) is 14.7. The molecule has 1 aromatic heterocycles. The molecule has 4 rings (SSSR count). The SMILES string of the molecule is CC(C)(C)C[C@@H]1N[C@@H](C(=O)Nc2ccn(CCO[Si](C)(C)C(C)(C)C)c(=O)c2)[C@H](c2cccc(Cl)c2F)[C@@]1(C#N)c1ccc(Cl)cc1F. The number of nitriles is 1. The second-order valence-electron chi connectivity index (χ2n) is 15.2. The van der Waals surface area contributed by atoms with Gasteiger partial charge in [0.15, 0.2) is 8.32 Å². The van der Waals surface area contributed by atoms with Gasteiger partial charge in [-0.1, -0.05) is 82.9 Å². The molecule has 2 heterocycles. The number of aromatic nitrogens is 1. The number of pyridine rings is 1. The number of nitrogens with one attached hydrogen (secondary N) is 2. The van der Waals surface area contributed by atoms with Gasteiger partial charge < -0.3 is 19.6 Å². The second-order valence-corrected chi connectivity index (χ2v) is 20.9. The summed E-state index contributed by atoms with van der Waals surface area (Å²) in [7, 11) is -2.00. The van der Waals surface area contributed by atoms with Crippen LogP contribution in [0, 0.1) is 28.4 Å². The summed E-state index contributed by atoms with van der Waals surface area (Å²) in [5, 5.41) is 17.0. The van der Waals surface area contributed by atoms with E-state index in [0.29, 0.717) is 19.6 Å². The Morgan fingerprint density at radius 2 is 1.79 bits per heavy atom. The lowest BCUT2D eigenvalue weighted by molar-refractivity contribution is -0.118. The number of hydrogen-bond acceptors (Lipinski definition) is 5. The van der Waals surface area contributed by atoms with Gasteiger partial charge in [0.1, 0.15) is 17.0 Å². The van der Waals surface area contributed by atoms with Crippen LogP contribution in [0.4, 0.5) is 14.5 Å². The molecule has 12 heteroatoms. The standard InChI is InChI=1S/C36H44Cl2F2N4O3Si/c1-34(2,3)20-28-36(21-41,25-13-12-22(37)18-27(25)39)30(24-10-9-11-26(38)31(24)40)32(43-28)33(46)42-23-14-15-44(29(45)19-23)16-17-47-48(7,8)35(4,5)6/h9-15,18-19,28,30,32,43H,16-17,20H2,1-8H3,(H,42,46)/t28-,30-,32+,36-/m0/s1. The molecule has 0 radical (unpaired) electrons. The van der Waals surface area contributed by atoms with Crippen LogP contribution in [0.2, 0.25) is 28.2 Å². The van der Waals surface area contributed by atoms with Crippen molar-refractivity contribution < 1.29 is 18.0 Å². The lowest BCUT2D eigenvalue weighted by atomic mass is 9.62. The first kappa shape index (κ1) is 37.7. The number of benzene rings is 2. The first-order valence-electron chi connectivity index (χ1n) is 15.9. The maximum Gasteiger partial charge on any atom is 0.252 e. The summed E-state index contributed by atoms with van der Waals surface area (Å²) in [5.74, 6) is -3.41. The minimum absolute atomic E-state index is 0.0143. The minimum atomic E-state index is -2.00. The number of anilines is 1. The van der Waals surface area contributed by atoms with Crippen molar-refractivity contribution in [3.63, 3.8) is 0 Å². The van der Waals surface area contributed by atoms with Crippen LogP contribution in [0.15, 0.2) is 59.5 Å². The summed E-state index contributed by atoms with van der Waals surface area (Å²) < 4.78 is 39.5. The summed E-state index contributed by atoms with van der Waals surface area (Å²) in [4.78, 5) is 27.2. The predicted molar refractivity (Wildman–Crippen MR) is 190 cm³/mol. The first-order chi connectivity index (χ1) is 22.2. The maximum atomic E-state index is 15.9.